The number of ether oxygens (including phenoxy) is 1. The van der Waals surface area contributed by atoms with Crippen molar-refractivity contribution in [1.29, 1.82) is 0 Å². The Kier molecular flexibility index (Phi) is 7.20. The van der Waals surface area contributed by atoms with Crippen LogP contribution in [-0.2, 0) is 0 Å². The van der Waals surface area contributed by atoms with E-state index in [1.807, 2.05) is 6.08 Å². The van der Waals surface area contributed by atoms with Crippen LogP contribution in [-0.4, -0.2) is 7.11 Å². The van der Waals surface area contributed by atoms with Crippen LogP contribution >= 0.6 is 0 Å². The van der Waals surface area contributed by atoms with Gasteiger partial charge in [0.15, 0.2) is 23.2 Å². The first-order valence-electron chi connectivity index (χ1n) is 11.3. The zero-order valence-corrected chi connectivity index (χ0v) is 19.0. The molecule has 176 valence electrons. The van der Waals surface area contributed by atoms with Crippen molar-refractivity contribution in [3.8, 4) is 16.9 Å². The van der Waals surface area contributed by atoms with Gasteiger partial charge in [0.2, 0.25) is 5.82 Å². The van der Waals surface area contributed by atoms with Crippen molar-refractivity contribution < 1.29 is 22.3 Å². The van der Waals surface area contributed by atoms with Gasteiger partial charge in [-0.2, -0.15) is 4.39 Å². The fourth-order valence-electron chi connectivity index (χ4n) is 4.56. The molecular weight excluding hydrogens is 440 g/mol. The van der Waals surface area contributed by atoms with E-state index in [1.165, 1.54) is 25.3 Å². The minimum absolute atomic E-state index is 0.0273. The van der Waals surface area contributed by atoms with Crippen molar-refractivity contribution in [3.05, 3.63) is 101 Å². The van der Waals surface area contributed by atoms with Crippen LogP contribution in [0.1, 0.15) is 48.3 Å². The molecule has 0 unspecified atom stereocenters. The molecule has 0 amide bonds. The Bertz CT molecular complexity index is 1210. The highest BCUT2D eigenvalue weighted by Gasteiger charge is 2.25. The summed E-state index contributed by atoms with van der Waals surface area (Å²) in [6, 6.07) is 12.8. The minimum Gasteiger partial charge on any atom is -0.494 e. The average molecular weight is 467 g/mol. The van der Waals surface area contributed by atoms with Crippen LogP contribution in [0.4, 0.5) is 17.6 Å². The van der Waals surface area contributed by atoms with Gasteiger partial charge in [0.1, 0.15) is 0 Å². The number of benzene rings is 3. The summed E-state index contributed by atoms with van der Waals surface area (Å²) in [6.45, 7) is 3.83. The smallest absolute Gasteiger partial charge is 0.201 e. The number of halogens is 4. The Balaban J connectivity index is 1.50. The van der Waals surface area contributed by atoms with Crippen LogP contribution in [0.15, 0.2) is 61.2 Å². The predicted molar refractivity (Wildman–Crippen MR) is 129 cm³/mol. The van der Waals surface area contributed by atoms with E-state index >= 15 is 0 Å². The van der Waals surface area contributed by atoms with E-state index in [0.717, 1.165) is 25.7 Å². The second kappa shape index (κ2) is 10.3. The van der Waals surface area contributed by atoms with Crippen LogP contribution in [0, 0.1) is 29.2 Å². The molecule has 0 bridgehead atoms. The van der Waals surface area contributed by atoms with Crippen molar-refractivity contribution in [2.75, 3.05) is 7.11 Å². The summed E-state index contributed by atoms with van der Waals surface area (Å²) < 4.78 is 62.7. The van der Waals surface area contributed by atoms with Crippen molar-refractivity contribution >= 4 is 12.2 Å². The lowest BCUT2D eigenvalue weighted by molar-refractivity contribution is 0.364. The van der Waals surface area contributed by atoms with Gasteiger partial charge in [0, 0.05) is 11.1 Å². The molecule has 0 aromatic heterocycles. The van der Waals surface area contributed by atoms with E-state index in [0.29, 0.717) is 22.6 Å². The van der Waals surface area contributed by atoms with Gasteiger partial charge < -0.3 is 4.74 Å². The van der Waals surface area contributed by atoms with Gasteiger partial charge >= 0.3 is 0 Å². The molecule has 5 heteroatoms. The normalized spacial score (nSPS) is 18.3. The van der Waals surface area contributed by atoms with Gasteiger partial charge in [-0.15, -0.1) is 6.58 Å². The Morgan fingerprint density at radius 2 is 1.47 bits per heavy atom. The summed E-state index contributed by atoms with van der Waals surface area (Å²) in [6.07, 6.45) is 8.65. The quantitative estimate of drug-likeness (QED) is 0.201. The number of rotatable bonds is 6. The Labute approximate surface area is 197 Å². The van der Waals surface area contributed by atoms with Gasteiger partial charge in [0.05, 0.1) is 7.11 Å². The first-order chi connectivity index (χ1) is 16.4. The number of hydrogen-bond donors (Lipinski definition) is 0. The summed E-state index contributed by atoms with van der Waals surface area (Å²) >= 11 is 0. The van der Waals surface area contributed by atoms with Crippen molar-refractivity contribution in [2.45, 2.75) is 31.6 Å². The third kappa shape index (κ3) is 4.79. The molecule has 1 nitrogen and oxygen atoms in total. The van der Waals surface area contributed by atoms with Crippen LogP contribution in [0.3, 0.4) is 0 Å². The first-order valence-corrected chi connectivity index (χ1v) is 11.3. The maximum absolute atomic E-state index is 14.8. The number of hydrogen-bond acceptors (Lipinski definition) is 1. The highest BCUT2D eigenvalue weighted by atomic mass is 19.2. The van der Waals surface area contributed by atoms with E-state index in [9.17, 15) is 17.6 Å². The fourth-order valence-corrected chi connectivity index (χ4v) is 4.56. The topological polar surface area (TPSA) is 9.23 Å². The molecule has 0 saturated heterocycles. The molecule has 1 saturated carbocycles. The van der Waals surface area contributed by atoms with E-state index in [2.05, 4.69) is 6.58 Å². The molecule has 0 radical (unpaired) electrons. The zero-order valence-electron chi connectivity index (χ0n) is 19.0. The van der Waals surface area contributed by atoms with Crippen LogP contribution in [0.5, 0.6) is 5.75 Å². The summed E-state index contributed by atoms with van der Waals surface area (Å²) in [5.41, 5.74) is 1.91. The van der Waals surface area contributed by atoms with Crippen molar-refractivity contribution in [3.63, 3.8) is 0 Å². The third-order valence-corrected chi connectivity index (χ3v) is 6.63. The molecule has 4 rings (SSSR count). The highest BCUT2D eigenvalue weighted by Crippen LogP contribution is 2.38. The molecule has 3 aromatic carbocycles. The zero-order chi connectivity index (χ0) is 24.2. The lowest BCUT2D eigenvalue weighted by Crippen LogP contribution is -2.13. The number of methoxy groups -OCH3 is 1. The molecular formula is C29H26F4O. The SMILES string of the molecule is C=CC1CCC(c2ccc(/C=C/c3ccc(-c4ccc(OC)c(F)c4F)cc3)c(F)c2F)CC1. The Hall–Kier alpha value is -3.34. The van der Waals surface area contributed by atoms with Gasteiger partial charge in [-0.1, -0.05) is 54.6 Å². The molecule has 0 heterocycles. The van der Waals surface area contributed by atoms with Gasteiger partial charge in [-0.25, -0.2) is 13.2 Å². The fraction of sp³-hybridized carbons (Fsp3) is 0.241. The summed E-state index contributed by atoms with van der Waals surface area (Å²) in [4.78, 5) is 0. The first kappa shape index (κ1) is 23.8. The molecule has 1 aliphatic rings. The molecule has 0 atom stereocenters. The molecule has 0 spiro atoms. The maximum Gasteiger partial charge on any atom is 0.201 e. The highest BCUT2D eigenvalue weighted by molar-refractivity contribution is 5.73. The minimum atomic E-state index is -1.04. The van der Waals surface area contributed by atoms with Gasteiger partial charge in [0.25, 0.3) is 0 Å². The number of allylic oxidation sites excluding steroid dienone is 1. The molecule has 0 aliphatic heterocycles. The Morgan fingerprint density at radius 1 is 0.765 bits per heavy atom. The Morgan fingerprint density at radius 3 is 2.12 bits per heavy atom. The molecule has 1 aliphatic carbocycles. The van der Waals surface area contributed by atoms with E-state index in [1.54, 1.807) is 42.5 Å². The molecule has 34 heavy (non-hydrogen) atoms. The lowest BCUT2D eigenvalue weighted by Gasteiger charge is -2.27. The predicted octanol–water partition coefficient (Wildman–Crippen LogP) is 8.55. The maximum atomic E-state index is 14.8. The largest absolute Gasteiger partial charge is 0.494 e. The standard InChI is InChI=1S/C29H26F4O/c1-3-18-4-9-20(10-5-18)23-15-14-22(26(30)27(23)31)13-8-19-6-11-21(12-7-19)24-16-17-25(34-2)29(33)28(24)32/h3,6-8,11-18,20H,1,4-5,9-10H2,2H3/b13-8+. The lowest BCUT2D eigenvalue weighted by atomic mass is 9.78. The van der Waals surface area contributed by atoms with Crippen molar-refractivity contribution in [1.82, 2.24) is 0 Å². The average Bonchev–Trinajstić information content (AvgIpc) is 2.87. The second-order valence-electron chi connectivity index (χ2n) is 8.62. The molecule has 1 fully saturated rings. The van der Waals surface area contributed by atoms with E-state index < -0.39 is 23.3 Å². The summed E-state index contributed by atoms with van der Waals surface area (Å²) in [5, 5.41) is 0. The van der Waals surface area contributed by atoms with E-state index in [-0.39, 0.29) is 22.8 Å². The van der Waals surface area contributed by atoms with E-state index in [4.69, 9.17) is 4.74 Å². The van der Waals surface area contributed by atoms with Gasteiger partial charge in [-0.05, 0) is 66.3 Å². The monoisotopic (exact) mass is 466 g/mol. The van der Waals surface area contributed by atoms with Gasteiger partial charge in [-0.3, -0.25) is 0 Å². The second-order valence-corrected chi connectivity index (χ2v) is 8.62. The van der Waals surface area contributed by atoms with Crippen molar-refractivity contribution in [2.24, 2.45) is 5.92 Å². The van der Waals surface area contributed by atoms with Crippen LogP contribution in [0.25, 0.3) is 23.3 Å². The molecule has 0 N–H and O–H groups in total. The molecule has 3 aromatic rings. The van der Waals surface area contributed by atoms with Crippen LogP contribution in [0.2, 0.25) is 0 Å². The third-order valence-electron chi connectivity index (χ3n) is 6.63. The summed E-state index contributed by atoms with van der Waals surface area (Å²) in [5.74, 6) is -3.34. The summed E-state index contributed by atoms with van der Waals surface area (Å²) in [7, 11) is 1.27. The van der Waals surface area contributed by atoms with Crippen LogP contribution < -0.4 is 4.74 Å².